The molecule has 0 aliphatic carbocycles. The second-order valence-electron chi connectivity index (χ2n) is 7.10. The number of aromatic nitrogens is 2. The summed E-state index contributed by atoms with van der Waals surface area (Å²) in [5.74, 6) is 0. The fraction of sp³-hybridized carbons (Fsp3) is 0.522. The monoisotopic (exact) mass is 446 g/mol. The Morgan fingerprint density at radius 2 is 1.53 bits per heavy atom. The molecule has 0 spiro atoms. The quantitative estimate of drug-likeness (QED) is 0.378. The number of rotatable bonds is 16. The van der Waals surface area contributed by atoms with Crippen molar-refractivity contribution in [2.24, 2.45) is 5.73 Å². The fourth-order valence-corrected chi connectivity index (χ4v) is 2.67. The molecule has 2 aromatic rings. The number of aryl methyl sites for hydroxylation is 1. The van der Waals surface area contributed by atoms with Gasteiger partial charge in [0, 0.05) is 32.2 Å². The second-order valence-corrected chi connectivity index (χ2v) is 7.10. The zero-order chi connectivity index (χ0) is 22.9. The van der Waals surface area contributed by atoms with Crippen molar-refractivity contribution in [1.82, 2.24) is 15.3 Å². The Hall–Kier alpha value is -2.59. The van der Waals surface area contributed by atoms with E-state index in [0.717, 1.165) is 28.9 Å². The van der Waals surface area contributed by atoms with Gasteiger partial charge in [0.15, 0.2) is 0 Å². The highest BCUT2D eigenvalue weighted by Crippen LogP contribution is 2.16. The second kappa shape index (κ2) is 16.1. The minimum atomic E-state index is -0.463. The fourth-order valence-electron chi connectivity index (χ4n) is 2.67. The van der Waals surface area contributed by atoms with Gasteiger partial charge in [-0.15, -0.1) is 0 Å². The lowest BCUT2D eigenvalue weighted by atomic mass is 10.1. The average molecular weight is 447 g/mol. The first-order valence-electron chi connectivity index (χ1n) is 10.9. The summed E-state index contributed by atoms with van der Waals surface area (Å²) in [7, 11) is 0. The Morgan fingerprint density at radius 1 is 0.906 bits per heavy atom. The van der Waals surface area contributed by atoms with Gasteiger partial charge in [0.05, 0.1) is 37.8 Å². The Kier molecular flexibility index (Phi) is 12.9. The van der Waals surface area contributed by atoms with E-state index in [1.165, 1.54) is 0 Å². The van der Waals surface area contributed by atoms with E-state index in [1.807, 2.05) is 31.2 Å². The topological polar surface area (TPSA) is 118 Å². The van der Waals surface area contributed by atoms with Gasteiger partial charge in [-0.2, -0.15) is 0 Å². The molecule has 0 aliphatic rings. The number of hydrogen-bond acceptors (Lipinski definition) is 8. The molecule has 2 aromatic heterocycles. The molecule has 9 nitrogen and oxygen atoms in total. The molecule has 0 radical (unpaired) electrons. The van der Waals surface area contributed by atoms with Crippen LogP contribution in [0.5, 0.6) is 0 Å². The number of ether oxygens (including phenoxy) is 4. The van der Waals surface area contributed by atoms with Crippen molar-refractivity contribution in [2.45, 2.75) is 26.4 Å². The van der Waals surface area contributed by atoms with Crippen molar-refractivity contribution < 1.29 is 23.7 Å². The third-order valence-corrected chi connectivity index (χ3v) is 4.34. The number of alkyl carbamates (subject to hydrolysis) is 1. The molecule has 0 unspecified atom stereocenters. The van der Waals surface area contributed by atoms with Crippen LogP contribution in [0, 0.1) is 6.92 Å². The van der Waals surface area contributed by atoms with Gasteiger partial charge in [0.1, 0.15) is 6.61 Å². The summed E-state index contributed by atoms with van der Waals surface area (Å²) < 4.78 is 21.5. The molecule has 2 heterocycles. The van der Waals surface area contributed by atoms with Crippen LogP contribution in [0.15, 0.2) is 36.7 Å². The molecular formula is C23H34N4O5. The first-order valence-corrected chi connectivity index (χ1v) is 10.9. The molecule has 0 bridgehead atoms. The van der Waals surface area contributed by atoms with Crippen LogP contribution >= 0.6 is 0 Å². The third-order valence-electron chi connectivity index (χ3n) is 4.34. The number of pyridine rings is 2. The molecule has 2 rings (SSSR count). The molecule has 1 amide bonds. The van der Waals surface area contributed by atoms with E-state index in [4.69, 9.17) is 24.7 Å². The first-order chi connectivity index (χ1) is 15.7. The van der Waals surface area contributed by atoms with Crippen LogP contribution in [0.2, 0.25) is 0 Å². The zero-order valence-corrected chi connectivity index (χ0v) is 18.8. The van der Waals surface area contributed by atoms with Crippen LogP contribution < -0.4 is 11.1 Å². The summed E-state index contributed by atoms with van der Waals surface area (Å²) in [6.45, 7) is 6.62. The SMILES string of the molecule is Cc1ccnc(-c2cc(COC(=O)NCCCOCCOCCOCCCN)ccn2)c1. The molecule has 0 saturated heterocycles. The lowest BCUT2D eigenvalue weighted by Gasteiger charge is -2.09. The Morgan fingerprint density at radius 3 is 2.22 bits per heavy atom. The highest BCUT2D eigenvalue weighted by Gasteiger charge is 2.06. The molecule has 0 saturated carbocycles. The number of amides is 1. The van der Waals surface area contributed by atoms with E-state index in [-0.39, 0.29) is 6.61 Å². The van der Waals surface area contributed by atoms with E-state index in [9.17, 15) is 4.79 Å². The highest BCUT2D eigenvalue weighted by molar-refractivity contribution is 5.67. The van der Waals surface area contributed by atoms with Gasteiger partial charge >= 0.3 is 6.09 Å². The molecule has 32 heavy (non-hydrogen) atoms. The van der Waals surface area contributed by atoms with Crippen LogP contribution in [-0.4, -0.2) is 68.8 Å². The minimum Gasteiger partial charge on any atom is -0.445 e. The predicted octanol–water partition coefficient (Wildman–Crippen LogP) is 2.47. The van der Waals surface area contributed by atoms with Gasteiger partial charge in [-0.1, -0.05) is 0 Å². The molecule has 3 N–H and O–H groups in total. The number of hydrogen-bond donors (Lipinski definition) is 2. The van der Waals surface area contributed by atoms with Gasteiger partial charge < -0.3 is 30.0 Å². The molecule has 176 valence electrons. The van der Waals surface area contributed by atoms with Gasteiger partial charge in [0.25, 0.3) is 0 Å². The summed E-state index contributed by atoms with van der Waals surface area (Å²) in [4.78, 5) is 20.6. The summed E-state index contributed by atoms with van der Waals surface area (Å²) in [6.07, 6.45) is 4.53. The number of carbonyl (C=O) groups excluding carboxylic acids is 1. The lowest BCUT2D eigenvalue weighted by Crippen LogP contribution is -2.26. The van der Waals surface area contributed by atoms with Crippen LogP contribution in [0.1, 0.15) is 24.0 Å². The smallest absolute Gasteiger partial charge is 0.407 e. The van der Waals surface area contributed by atoms with E-state index < -0.39 is 6.09 Å². The van der Waals surface area contributed by atoms with Crippen LogP contribution in [0.4, 0.5) is 4.79 Å². The van der Waals surface area contributed by atoms with Crippen LogP contribution in [0.25, 0.3) is 11.4 Å². The summed E-state index contributed by atoms with van der Waals surface area (Å²) in [5.41, 5.74) is 8.87. The molecule has 0 aliphatic heterocycles. The molecule has 0 aromatic carbocycles. The lowest BCUT2D eigenvalue weighted by molar-refractivity contribution is 0.0140. The maximum absolute atomic E-state index is 11.9. The largest absolute Gasteiger partial charge is 0.445 e. The van der Waals surface area contributed by atoms with Gasteiger partial charge in [-0.25, -0.2) is 4.79 Å². The molecular weight excluding hydrogens is 412 g/mol. The normalized spacial score (nSPS) is 10.8. The third kappa shape index (κ3) is 11.1. The van der Waals surface area contributed by atoms with Crippen molar-refractivity contribution in [3.63, 3.8) is 0 Å². The van der Waals surface area contributed by atoms with Gasteiger partial charge in [0.2, 0.25) is 0 Å². The Balaban J connectivity index is 1.49. The van der Waals surface area contributed by atoms with Crippen molar-refractivity contribution in [3.05, 3.63) is 47.8 Å². The minimum absolute atomic E-state index is 0.164. The predicted molar refractivity (Wildman–Crippen MR) is 121 cm³/mol. The van der Waals surface area contributed by atoms with Crippen molar-refractivity contribution in [2.75, 3.05) is 52.7 Å². The molecule has 9 heteroatoms. The zero-order valence-electron chi connectivity index (χ0n) is 18.8. The molecule has 0 fully saturated rings. The molecule has 0 atom stereocenters. The van der Waals surface area contributed by atoms with Crippen molar-refractivity contribution in [1.29, 1.82) is 0 Å². The maximum Gasteiger partial charge on any atom is 0.407 e. The Bertz CT molecular complexity index is 790. The van der Waals surface area contributed by atoms with E-state index in [1.54, 1.807) is 12.4 Å². The van der Waals surface area contributed by atoms with Crippen molar-refractivity contribution >= 4 is 6.09 Å². The highest BCUT2D eigenvalue weighted by atomic mass is 16.6. The maximum atomic E-state index is 11.9. The Labute approximate surface area is 189 Å². The number of carbonyl (C=O) groups is 1. The standard InChI is InChI=1S/C23H34N4O5/c1-19-4-8-25-21(16-19)22-17-20(5-9-26-22)18-32-23(28)27-7-3-11-30-13-15-31-14-12-29-10-2-6-24/h4-5,8-9,16-17H,2-3,6-7,10-15,18,24H2,1H3,(H,27,28). The van der Waals surface area contributed by atoms with Gasteiger partial charge in [-0.3, -0.25) is 9.97 Å². The average Bonchev–Trinajstić information content (AvgIpc) is 2.81. The first kappa shape index (κ1) is 25.7. The number of nitrogens with zero attached hydrogens (tertiary/aromatic N) is 2. The number of nitrogens with one attached hydrogen (secondary N) is 1. The van der Waals surface area contributed by atoms with Crippen LogP contribution in [0.3, 0.4) is 0 Å². The number of nitrogens with two attached hydrogens (primary N) is 1. The van der Waals surface area contributed by atoms with Crippen molar-refractivity contribution in [3.8, 4) is 11.4 Å². The summed E-state index contributed by atoms with van der Waals surface area (Å²) >= 11 is 0. The van der Waals surface area contributed by atoms with E-state index >= 15 is 0 Å². The summed E-state index contributed by atoms with van der Waals surface area (Å²) in [6, 6.07) is 7.58. The van der Waals surface area contributed by atoms with E-state index in [2.05, 4.69) is 15.3 Å². The van der Waals surface area contributed by atoms with Crippen LogP contribution in [-0.2, 0) is 25.6 Å². The van der Waals surface area contributed by atoms with E-state index in [0.29, 0.717) is 59.2 Å². The summed E-state index contributed by atoms with van der Waals surface area (Å²) in [5, 5.41) is 2.72. The van der Waals surface area contributed by atoms with Gasteiger partial charge in [-0.05, 0) is 61.7 Å².